The molecule has 1 heterocycles. The molecule has 1 unspecified atom stereocenters. The van der Waals surface area contributed by atoms with Crippen molar-refractivity contribution in [3.8, 4) is 0 Å². The molecule has 0 aromatic carbocycles. The minimum absolute atomic E-state index is 0.0144. The van der Waals surface area contributed by atoms with E-state index in [1.165, 1.54) is 4.88 Å². The second-order valence-corrected chi connectivity index (χ2v) is 7.51. The maximum absolute atomic E-state index is 12.3. The first-order chi connectivity index (χ1) is 9.90. The van der Waals surface area contributed by atoms with Crippen LogP contribution in [0.4, 0.5) is 0 Å². The molecule has 1 saturated carbocycles. The van der Waals surface area contributed by atoms with Crippen LogP contribution in [-0.4, -0.2) is 17.0 Å². The molecule has 4 nitrogen and oxygen atoms in total. The number of amides is 1. The van der Waals surface area contributed by atoms with E-state index in [1.807, 2.05) is 26.0 Å². The summed E-state index contributed by atoms with van der Waals surface area (Å²) in [5.74, 6) is -0.830. The number of aryl methyl sites for hydroxylation is 1. The molecule has 1 amide bonds. The van der Waals surface area contributed by atoms with E-state index >= 15 is 0 Å². The molecule has 0 aliphatic heterocycles. The minimum Gasteiger partial charge on any atom is -0.481 e. The lowest BCUT2D eigenvalue weighted by atomic mass is 9.79. The van der Waals surface area contributed by atoms with Crippen molar-refractivity contribution in [2.75, 3.05) is 0 Å². The van der Waals surface area contributed by atoms with E-state index in [0.717, 1.165) is 30.6 Å². The lowest BCUT2D eigenvalue weighted by Crippen LogP contribution is -2.33. The van der Waals surface area contributed by atoms with Gasteiger partial charge in [0.25, 0.3) is 0 Å². The van der Waals surface area contributed by atoms with Crippen LogP contribution in [0, 0.1) is 12.3 Å². The Labute approximate surface area is 129 Å². The molecule has 1 fully saturated rings. The minimum atomic E-state index is -0.799. The standard InChI is InChI=1S/C16H23NO3S/c1-11-5-6-13(21-11)12(2)17-14(18)9-16(10-15(19)20)7-3-4-8-16/h5-6,12H,3-4,7-10H2,1-2H3,(H,17,18)(H,19,20). The highest BCUT2D eigenvalue weighted by molar-refractivity contribution is 7.12. The van der Waals surface area contributed by atoms with Crippen molar-refractivity contribution in [2.45, 2.75) is 58.4 Å². The topological polar surface area (TPSA) is 66.4 Å². The van der Waals surface area contributed by atoms with Gasteiger partial charge >= 0.3 is 5.97 Å². The van der Waals surface area contributed by atoms with E-state index in [2.05, 4.69) is 5.32 Å². The SMILES string of the molecule is Cc1ccc(C(C)NC(=O)CC2(CC(=O)O)CCCC2)s1. The number of carbonyl (C=O) groups excluding carboxylic acids is 1. The Bertz CT molecular complexity index is 517. The van der Waals surface area contributed by atoms with Crippen LogP contribution in [0.25, 0.3) is 0 Å². The fraction of sp³-hybridized carbons (Fsp3) is 0.625. The zero-order valence-electron chi connectivity index (χ0n) is 12.6. The van der Waals surface area contributed by atoms with Gasteiger partial charge in [-0.25, -0.2) is 0 Å². The monoisotopic (exact) mass is 309 g/mol. The Morgan fingerprint density at radius 2 is 2.00 bits per heavy atom. The summed E-state index contributed by atoms with van der Waals surface area (Å²) < 4.78 is 0. The summed E-state index contributed by atoms with van der Waals surface area (Å²) in [6.45, 7) is 4.02. The van der Waals surface area contributed by atoms with E-state index in [-0.39, 0.29) is 23.8 Å². The van der Waals surface area contributed by atoms with Gasteiger partial charge in [0.05, 0.1) is 12.5 Å². The number of carboxylic acids is 1. The van der Waals surface area contributed by atoms with Crippen molar-refractivity contribution in [3.63, 3.8) is 0 Å². The number of nitrogens with one attached hydrogen (secondary N) is 1. The maximum Gasteiger partial charge on any atom is 0.303 e. The van der Waals surface area contributed by atoms with E-state index in [1.54, 1.807) is 11.3 Å². The number of rotatable bonds is 6. The van der Waals surface area contributed by atoms with Crippen LogP contribution in [0.1, 0.15) is 61.2 Å². The number of hydrogen-bond donors (Lipinski definition) is 2. The van der Waals surface area contributed by atoms with Crippen molar-refractivity contribution in [3.05, 3.63) is 21.9 Å². The molecule has 0 bridgehead atoms. The summed E-state index contributed by atoms with van der Waals surface area (Å²) in [6.07, 6.45) is 4.18. The fourth-order valence-corrected chi connectivity index (χ4v) is 4.13. The predicted octanol–water partition coefficient (Wildman–Crippen LogP) is 3.66. The molecule has 1 aliphatic rings. The van der Waals surface area contributed by atoms with Gasteiger partial charge in [-0.1, -0.05) is 12.8 Å². The first kappa shape index (κ1) is 16.0. The zero-order chi connectivity index (χ0) is 15.5. The summed E-state index contributed by atoms with van der Waals surface area (Å²) in [7, 11) is 0. The Morgan fingerprint density at radius 1 is 1.33 bits per heavy atom. The van der Waals surface area contributed by atoms with E-state index in [9.17, 15) is 9.59 Å². The molecule has 1 aromatic rings. The normalized spacial score (nSPS) is 18.4. The van der Waals surface area contributed by atoms with Gasteiger partial charge in [-0.2, -0.15) is 0 Å². The molecule has 2 N–H and O–H groups in total. The lowest BCUT2D eigenvalue weighted by Gasteiger charge is -2.27. The molecule has 21 heavy (non-hydrogen) atoms. The van der Waals surface area contributed by atoms with Crippen LogP contribution in [0.5, 0.6) is 0 Å². The average Bonchev–Trinajstić information content (AvgIpc) is 2.97. The summed E-state index contributed by atoms with van der Waals surface area (Å²) in [5, 5.41) is 12.1. The van der Waals surface area contributed by atoms with Crippen LogP contribution >= 0.6 is 11.3 Å². The maximum atomic E-state index is 12.3. The van der Waals surface area contributed by atoms with Crippen LogP contribution in [0.2, 0.25) is 0 Å². The Balaban J connectivity index is 1.95. The van der Waals surface area contributed by atoms with Gasteiger partial charge < -0.3 is 10.4 Å². The van der Waals surface area contributed by atoms with Gasteiger partial charge in [-0.05, 0) is 44.2 Å². The summed E-state index contributed by atoms with van der Waals surface area (Å²) >= 11 is 1.68. The second kappa shape index (κ2) is 6.60. The molecule has 5 heteroatoms. The van der Waals surface area contributed by atoms with Crippen LogP contribution in [-0.2, 0) is 9.59 Å². The molecular weight excluding hydrogens is 286 g/mol. The first-order valence-corrected chi connectivity index (χ1v) is 8.29. The van der Waals surface area contributed by atoms with Crippen molar-refractivity contribution < 1.29 is 14.7 Å². The van der Waals surface area contributed by atoms with Crippen molar-refractivity contribution in [1.82, 2.24) is 5.32 Å². The molecule has 1 atom stereocenters. The highest BCUT2D eigenvalue weighted by Gasteiger charge is 2.38. The Kier molecular flexibility index (Phi) is 5.04. The van der Waals surface area contributed by atoms with Gasteiger partial charge in [0.2, 0.25) is 5.91 Å². The molecule has 0 spiro atoms. The van der Waals surface area contributed by atoms with Crippen LogP contribution < -0.4 is 5.32 Å². The summed E-state index contributed by atoms with van der Waals surface area (Å²) in [5.41, 5.74) is -0.332. The van der Waals surface area contributed by atoms with Crippen LogP contribution in [0.3, 0.4) is 0 Å². The molecular formula is C16H23NO3S. The van der Waals surface area contributed by atoms with Crippen molar-refractivity contribution in [2.24, 2.45) is 5.41 Å². The number of hydrogen-bond acceptors (Lipinski definition) is 3. The molecule has 2 rings (SSSR count). The third-order valence-electron chi connectivity index (χ3n) is 4.29. The number of carboxylic acid groups (broad SMARTS) is 1. The highest BCUT2D eigenvalue weighted by Crippen LogP contribution is 2.44. The number of aliphatic carboxylic acids is 1. The van der Waals surface area contributed by atoms with E-state index < -0.39 is 5.97 Å². The van der Waals surface area contributed by atoms with Crippen LogP contribution in [0.15, 0.2) is 12.1 Å². The molecule has 1 aromatic heterocycles. The summed E-state index contributed by atoms with van der Waals surface area (Å²) in [6, 6.07) is 4.07. The number of thiophene rings is 1. The molecule has 0 radical (unpaired) electrons. The van der Waals surface area contributed by atoms with Crippen molar-refractivity contribution >= 4 is 23.2 Å². The Morgan fingerprint density at radius 3 is 2.52 bits per heavy atom. The van der Waals surface area contributed by atoms with Gasteiger partial charge in [0.15, 0.2) is 0 Å². The van der Waals surface area contributed by atoms with E-state index in [0.29, 0.717) is 6.42 Å². The smallest absolute Gasteiger partial charge is 0.303 e. The predicted molar refractivity (Wildman–Crippen MR) is 83.4 cm³/mol. The third kappa shape index (κ3) is 4.30. The zero-order valence-corrected chi connectivity index (χ0v) is 13.5. The van der Waals surface area contributed by atoms with Gasteiger partial charge in [-0.3, -0.25) is 9.59 Å². The molecule has 116 valence electrons. The third-order valence-corrected chi connectivity index (χ3v) is 5.47. The van der Waals surface area contributed by atoms with Gasteiger partial charge in [0, 0.05) is 16.2 Å². The largest absolute Gasteiger partial charge is 0.481 e. The summed E-state index contributed by atoms with van der Waals surface area (Å²) in [4.78, 5) is 25.7. The Hall–Kier alpha value is -1.36. The quantitative estimate of drug-likeness (QED) is 0.842. The average molecular weight is 309 g/mol. The van der Waals surface area contributed by atoms with Gasteiger partial charge in [0.1, 0.15) is 0 Å². The first-order valence-electron chi connectivity index (χ1n) is 7.48. The van der Waals surface area contributed by atoms with Gasteiger partial charge in [-0.15, -0.1) is 11.3 Å². The fourth-order valence-electron chi connectivity index (χ4n) is 3.25. The number of carbonyl (C=O) groups is 2. The van der Waals surface area contributed by atoms with Crippen molar-refractivity contribution in [1.29, 1.82) is 0 Å². The molecule has 1 aliphatic carbocycles. The second-order valence-electron chi connectivity index (χ2n) is 6.19. The lowest BCUT2D eigenvalue weighted by molar-refractivity contribution is -0.140. The van der Waals surface area contributed by atoms with E-state index in [4.69, 9.17) is 5.11 Å². The highest BCUT2D eigenvalue weighted by atomic mass is 32.1. The molecule has 0 saturated heterocycles.